The summed E-state index contributed by atoms with van der Waals surface area (Å²) in [7, 11) is 1.71. The number of ether oxygens (including phenoxy) is 1. The molecular formula is C13H17ClFNO. The summed E-state index contributed by atoms with van der Waals surface area (Å²) in [6.45, 7) is 0. The fourth-order valence-corrected chi connectivity index (χ4v) is 2.53. The average Bonchev–Trinajstić information content (AvgIpc) is 2.35. The second-order valence-electron chi connectivity index (χ2n) is 4.41. The second kappa shape index (κ2) is 5.69. The number of rotatable bonds is 3. The molecule has 94 valence electrons. The summed E-state index contributed by atoms with van der Waals surface area (Å²) in [5.41, 5.74) is 0.464. The molecular weight excluding hydrogens is 241 g/mol. The third-order valence-corrected chi connectivity index (χ3v) is 3.59. The summed E-state index contributed by atoms with van der Waals surface area (Å²) >= 11 is 5.76. The van der Waals surface area contributed by atoms with Crippen molar-refractivity contribution in [2.45, 2.75) is 37.8 Å². The Bertz CT molecular complexity index is 386. The minimum absolute atomic E-state index is 0.153. The molecule has 1 aliphatic carbocycles. The number of hydrogen-bond donors (Lipinski definition) is 1. The highest BCUT2D eigenvalue weighted by molar-refractivity contribution is 6.31. The van der Waals surface area contributed by atoms with Crippen LogP contribution in [0.4, 0.5) is 10.1 Å². The van der Waals surface area contributed by atoms with Crippen molar-refractivity contribution < 1.29 is 9.13 Å². The van der Waals surface area contributed by atoms with Gasteiger partial charge in [0.15, 0.2) is 5.82 Å². The van der Waals surface area contributed by atoms with Gasteiger partial charge in [-0.3, -0.25) is 0 Å². The lowest BCUT2D eigenvalue weighted by Gasteiger charge is -2.31. The van der Waals surface area contributed by atoms with Crippen LogP contribution in [0.15, 0.2) is 18.2 Å². The predicted molar refractivity (Wildman–Crippen MR) is 68.1 cm³/mol. The van der Waals surface area contributed by atoms with E-state index in [2.05, 4.69) is 5.32 Å². The van der Waals surface area contributed by atoms with Gasteiger partial charge in [0.05, 0.1) is 22.9 Å². The summed E-state index contributed by atoms with van der Waals surface area (Å²) in [5, 5.41) is 3.36. The molecule has 0 aliphatic heterocycles. The minimum Gasteiger partial charge on any atom is -0.379 e. The molecule has 1 N–H and O–H groups in total. The Morgan fingerprint density at radius 3 is 2.88 bits per heavy atom. The zero-order valence-electron chi connectivity index (χ0n) is 9.88. The van der Waals surface area contributed by atoms with Gasteiger partial charge in [-0.2, -0.15) is 0 Å². The van der Waals surface area contributed by atoms with Crippen LogP contribution in [-0.2, 0) is 4.74 Å². The molecule has 1 aliphatic rings. The van der Waals surface area contributed by atoms with Crippen LogP contribution in [0.2, 0.25) is 5.02 Å². The maximum Gasteiger partial charge on any atom is 0.164 e. The van der Waals surface area contributed by atoms with Crippen LogP contribution in [0.3, 0.4) is 0 Å². The average molecular weight is 258 g/mol. The first kappa shape index (κ1) is 12.7. The van der Waals surface area contributed by atoms with Crippen molar-refractivity contribution in [2.75, 3.05) is 12.4 Å². The quantitative estimate of drug-likeness (QED) is 0.888. The van der Waals surface area contributed by atoms with Gasteiger partial charge < -0.3 is 10.1 Å². The minimum atomic E-state index is -0.380. The van der Waals surface area contributed by atoms with Crippen LogP contribution in [0.25, 0.3) is 0 Å². The largest absolute Gasteiger partial charge is 0.379 e. The van der Waals surface area contributed by atoms with Crippen LogP contribution in [0, 0.1) is 5.82 Å². The van der Waals surface area contributed by atoms with Gasteiger partial charge >= 0.3 is 0 Å². The zero-order chi connectivity index (χ0) is 12.3. The smallest absolute Gasteiger partial charge is 0.164 e. The monoisotopic (exact) mass is 257 g/mol. The molecule has 1 saturated carbocycles. The van der Waals surface area contributed by atoms with E-state index in [9.17, 15) is 4.39 Å². The van der Waals surface area contributed by atoms with E-state index in [0.29, 0.717) is 5.69 Å². The van der Waals surface area contributed by atoms with E-state index in [4.69, 9.17) is 16.3 Å². The number of halogens is 2. The molecule has 2 unspecified atom stereocenters. The van der Waals surface area contributed by atoms with Crippen molar-refractivity contribution in [3.8, 4) is 0 Å². The first-order chi connectivity index (χ1) is 8.22. The Hall–Kier alpha value is -0.800. The second-order valence-corrected chi connectivity index (χ2v) is 4.82. The van der Waals surface area contributed by atoms with Crippen LogP contribution in [-0.4, -0.2) is 19.3 Å². The van der Waals surface area contributed by atoms with Gasteiger partial charge in [0.25, 0.3) is 0 Å². The first-order valence-corrected chi connectivity index (χ1v) is 6.33. The Kier molecular flexibility index (Phi) is 4.24. The predicted octanol–water partition coefficient (Wildman–Crippen LogP) is 3.85. The zero-order valence-corrected chi connectivity index (χ0v) is 10.6. The highest BCUT2D eigenvalue weighted by atomic mass is 35.5. The molecule has 0 aromatic heterocycles. The van der Waals surface area contributed by atoms with Gasteiger partial charge in [-0.1, -0.05) is 30.5 Å². The van der Waals surface area contributed by atoms with Gasteiger partial charge in [0.1, 0.15) is 0 Å². The van der Waals surface area contributed by atoms with Crippen LogP contribution in [0.5, 0.6) is 0 Å². The number of hydrogen-bond acceptors (Lipinski definition) is 2. The molecule has 0 radical (unpaired) electrons. The van der Waals surface area contributed by atoms with Crippen LogP contribution < -0.4 is 5.32 Å². The van der Waals surface area contributed by atoms with Crippen molar-refractivity contribution in [1.29, 1.82) is 0 Å². The Balaban J connectivity index is 2.11. The molecule has 0 spiro atoms. The lowest BCUT2D eigenvalue weighted by atomic mass is 9.92. The SMILES string of the molecule is COC1CCCCC1Nc1cccc(Cl)c1F. The van der Waals surface area contributed by atoms with E-state index in [-0.39, 0.29) is 23.0 Å². The Morgan fingerprint density at radius 2 is 2.12 bits per heavy atom. The third kappa shape index (κ3) is 2.90. The first-order valence-electron chi connectivity index (χ1n) is 5.95. The maximum atomic E-state index is 13.8. The van der Waals surface area contributed by atoms with E-state index in [1.165, 1.54) is 6.42 Å². The highest BCUT2D eigenvalue weighted by Gasteiger charge is 2.25. The van der Waals surface area contributed by atoms with Gasteiger partial charge in [-0.05, 0) is 25.0 Å². The van der Waals surface area contributed by atoms with Crippen molar-refractivity contribution in [3.63, 3.8) is 0 Å². The lowest BCUT2D eigenvalue weighted by molar-refractivity contribution is 0.0605. The summed E-state index contributed by atoms with van der Waals surface area (Å²) in [6, 6.07) is 5.18. The fourth-order valence-electron chi connectivity index (χ4n) is 2.36. The fraction of sp³-hybridized carbons (Fsp3) is 0.538. The molecule has 1 fully saturated rings. The van der Waals surface area contributed by atoms with Crippen molar-refractivity contribution in [2.24, 2.45) is 0 Å². The molecule has 1 aromatic rings. The number of methoxy groups -OCH3 is 1. The van der Waals surface area contributed by atoms with E-state index in [1.54, 1.807) is 25.3 Å². The number of anilines is 1. The summed E-state index contributed by atoms with van der Waals surface area (Å²) in [4.78, 5) is 0. The molecule has 0 heterocycles. The molecule has 0 saturated heterocycles. The van der Waals surface area contributed by atoms with Crippen molar-refractivity contribution in [3.05, 3.63) is 29.0 Å². The van der Waals surface area contributed by atoms with Crippen molar-refractivity contribution >= 4 is 17.3 Å². The normalized spacial score (nSPS) is 24.6. The highest BCUT2D eigenvalue weighted by Crippen LogP contribution is 2.27. The summed E-state index contributed by atoms with van der Waals surface area (Å²) in [6.07, 6.45) is 4.51. The molecule has 2 nitrogen and oxygen atoms in total. The van der Waals surface area contributed by atoms with Gasteiger partial charge in [-0.15, -0.1) is 0 Å². The molecule has 2 rings (SSSR count). The van der Waals surface area contributed by atoms with E-state index in [1.807, 2.05) is 0 Å². The topological polar surface area (TPSA) is 21.3 Å². The Morgan fingerprint density at radius 1 is 1.35 bits per heavy atom. The lowest BCUT2D eigenvalue weighted by Crippen LogP contribution is -2.38. The van der Waals surface area contributed by atoms with E-state index in [0.717, 1.165) is 19.3 Å². The molecule has 4 heteroatoms. The third-order valence-electron chi connectivity index (χ3n) is 3.30. The summed E-state index contributed by atoms with van der Waals surface area (Å²) < 4.78 is 19.2. The molecule has 0 amide bonds. The van der Waals surface area contributed by atoms with E-state index >= 15 is 0 Å². The van der Waals surface area contributed by atoms with E-state index < -0.39 is 0 Å². The Labute approximate surface area is 106 Å². The number of nitrogens with one attached hydrogen (secondary N) is 1. The number of benzene rings is 1. The van der Waals surface area contributed by atoms with Gasteiger partial charge in [-0.25, -0.2) is 4.39 Å². The molecule has 0 bridgehead atoms. The van der Waals surface area contributed by atoms with Crippen molar-refractivity contribution in [1.82, 2.24) is 0 Å². The summed E-state index contributed by atoms with van der Waals surface area (Å²) in [5.74, 6) is -0.380. The molecule has 2 atom stereocenters. The molecule has 1 aromatic carbocycles. The molecule has 17 heavy (non-hydrogen) atoms. The maximum absolute atomic E-state index is 13.8. The van der Waals surface area contributed by atoms with Crippen LogP contribution in [0.1, 0.15) is 25.7 Å². The standard InChI is InChI=1S/C13H17ClFNO/c1-17-12-8-3-2-6-10(12)16-11-7-4-5-9(14)13(11)15/h4-5,7,10,12,16H,2-3,6,8H2,1H3. The van der Waals surface area contributed by atoms with Gasteiger partial charge in [0, 0.05) is 7.11 Å². The van der Waals surface area contributed by atoms with Gasteiger partial charge in [0.2, 0.25) is 0 Å². The van der Waals surface area contributed by atoms with Crippen LogP contribution >= 0.6 is 11.6 Å².